The van der Waals surface area contributed by atoms with Crippen LogP contribution in [-0.2, 0) is 4.74 Å². The molecule has 7 nitrogen and oxygen atoms in total. The topological polar surface area (TPSA) is 63.9 Å². The number of nitrogens with zero attached hydrogens (tertiary/aromatic N) is 4. The van der Waals surface area contributed by atoms with Crippen LogP contribution in [0.1, 0.15) is 0 Å². The first-order valence-electron chi connectivity index (χ1n) is 10.0. The largest absolute Gasteiger partial charge is 0.497 e. The van der Waals surface area contributed by atoms with Crippen molar-refractivity contribution >= 4 is 23.0 Å². The molecule has 1 aliphatic rings. The Morgan fingerprint density at radius 3 is 2.43 bits per heavy atom. The van der Waals surface area contributed by atoms with Gasteiger partial charge in [-0.15, -0.1) is 5.10 Å². The number of methoxy groups -OCH3 is 1. The molecule has 2 aromatic carbocycles. The van der Waals surface area contributed by atoms with Crippen molar-refractivity contribution in [2.75, 3.05) is 43.6 Å². The number of morpholine rings is 1. The lowest BCUT2D eigenvalue weighted by Gasteiger charge is -2.28. The molecule has 0 amide bonds. The first-order valence-corrected chi connectivity index (χ1v) is 10.0. The van der Waals surface area contributed by atoms with E-state index in [4.69, 9.17) is 9.47 Å². The number of hydrogen-bond acceptors (Lipinski definition) is 6. The smallest absolute Gasteiger partial charge is 0.247 e. The van der Waals surface area contributed by atoms with E-state index in [0.29, 0.717) is 5.95 Å². The van der Waals surface area contributed by atoms with Gasteiger partial charge < -0.3 is 19.7 Å². The monoisotopic (exact) mass is 401 g/mol. The molecule has 5 rings (SSSR count). The Kier molecular flexibility index (Phi) is 4.94. The number of aromatic nitrogens is 3. The van der Waals surface area contributed by atoms with Gasteiger partial charge in [-0.25, -0.2) is 4.52 Å². The minimum atomic E-state index is 0.565. The van der Waals surface area contributed by atoms with E-state index in [0.717, 1.165) is 54.6 Å². The molecule has 1 aliphatic heterocycles. The van der Waals surface area contributed by atoms with Gasteiger partial charge in [0.15, 0.2) is 5.65 Å². The number of ether oxygens (including phenoxy) is 2. The standard InChI is InChI=1S/C23H23N5O2/c1-29-20-11-5-17(6-12-20)21-3-2-4-22-25-23(26-28(21)22)24-18-7-9-19(10-8-18)27-13-15-30-16-14-27/h2-12H,13-16H2,1H3,(H,24,26). The summed E-state index contributed by atoms with van der Waals surface area (Å²) >= 11 is 0. The lowest BCUT2D eigenvalue weighted by atomic mass is 10.1. The van der Waals surface area contributed by atoms with Crippen LogP contribution in [0.4, 0.5) is 17.3 Å². The SMILES string of the molecule is COc1ccc(-c2cccc3nc(Nc4ccc(N5CCOCC5)cc4)nn23)cc1. The molecule has 4 aromatic rings. The molecule has 1 fully saturated rings. The fourth-order valence-electron chi connectivity index (χ4n) is 3.64. The van der Waals surface area contributed by atoms with E-state index in [9.17, 15) is 0 Å². The lowest BCUT2D eigenvalue weighted by Crippen LogP contribution is -2.36. The van der Waals surface area contributed by atoms with Crippen molar-refractivity contribution in [2.24, 2.45) is 0 Å². The van der Waals surface area contributed by atoms with Crippen LogP contribution in [0, 0.1) is 0 Å². The van der Waals surface area contributed by atoms with Gasteiger partial charge in [0.05, 0.1) is 26.0 Å². The first-order chi connectivity index (χ1) is 14.8. The van der Waals surface area contributed by atoms with E-state index in [2.05, 4.69) is 44.6 Å². The van der Waals surface area contributed by atoms with Gasteiger partial charge in [-0.05, 0) is 60.7 Å². The third-order valence-electron chi connectivity index (χ3n) is 5.25. The van der Waals surface area contributed by atoms with Crippen LogP contribution < -0.4 is 15.0 Å². The number of hydrogen-bond donors (Lipinski definition) is 1. The molecular weight excluding hydrogens is 378 g/mol. The normalized spacial score (nSPS) is 14.1. The number of pyridine rings is 1. The molecule has 2 aromatic heterocycles. The van der Waals surface area contributed by atoms with Gasteiger partial charge in [0, 0.05) is 30.0 Å². The number of nitrogens with one attached hydrogen (secondary N) is 1. The van der Waals surface area contributed by atoms with Crippen molar-refractivity contribution in [1.82, 2.24) is 14.6 Å². The van der Waals surface area contributed by atoms with Crippen LogP contribution >= 0.6 is 0 Å². The second-order valence-electron chi connectivity index (χ2n) is 7.12. The Morgan fingerprint density at radius 1 is 0.933 bits per heavy atom. The number of benzene rings is 2. The summed E-state index contributed by atoms with van der Waals surface area (Å²) in [4.78, 5) is 6.96. The van der Waals surface area contributed by atoms with Crippen LogP contribution in [-0.4, -0.2) is 48.0 Å². The third kappa shape index (κ3) is 3.67. The van der Waals surface area contributed by atoms with Gasteiger partial charge in [-0.3, -0.25) is 0 Å². The van der Waals surface area contributed by atoms with Crippen molar-refractivity contribution in [3.8, 4) is 17.0 Å². The Labute approximate surface area is 174 Å². The highest BCUT2D eigenvalue weighted by Gasteiger charge is 2.12. The number of anilines is 3. The number of rotatable bonds is 5. The maximum Gasteiger partial charge on any atom is 0.247 e. The summed E-state index contributed by atoms with van der Waals surface area (Å²) in [5.74, 6) is 1.39. The maximum atomic E-state index is 5.43. The third-order valence-corrected chi connectivity index (χ3v) is 5.25. The summed E-state index contributed by atoms with van der Waals surface area (Å²) in [6.45, 7) is 3.41. The quantitative estimate of drug-likeness (QED) is 0.546. The Bertz CT molecular complexity index is 1130. The predicted octanol–water partition coefficient (Wildman–Crippen LogP) is 3.99. The molecule has 0 unspecified atom stereocenters. The highest BCUT2D eigenvalue weighted by molar-refractivity contribution is 5.66. The molecule has 0 atom stereocenters. The maximum absolute atomic E-state index is 5.43. The average Bonchev–Trinajstić information content (AvgIpc) is 3.23. The summed E-state index contributed by atoms with van der Waals surface area (Å²) in [6, 6.07) is 22.3. The van der Waals surface area contributed by atoms with Crippen LogP contribution in [0.5, 0.6) is 5.75 Å². The van der Waals surface area contributed by atoms with Crippen molar-refractivity contribution < 1.29 is 9.47 Å². The van der Waals surface area contributed by atoms with E-state index in [1.165, 1.54) is 5.69 Å². The molecule has 0 spiro atoms. The van der Waals surface area contributed by atoms with Crippen LogP contribution in [0.3, 0.4) is 0 Å². The van der Waals surface area contributed by atoms with Gasteiger partial charge in [0.2, 0.25) is 5.95 Å². The van der Waals surface area contributed by atoms with E-state index < -0.39 is 0 Å². The van der Waals surface area contributed by atoms with Crippen LogP contribution in [0.2, 0.25) is 0 Å². The highest BCUT2D eigenvalue weighted by Crippen LogP contribution is 2.25. The second kappa shape index (κ2) is 8.04. The Morgan fingerprint density at radius 2 is 1.70 bits per heavy atom. The highest BCUT2D eigenvalue weighted by atomic mass is 16.5. The van der Waals surface area contributed by atoms with E-state index >= 15 is 0 Å². The van der Waals surface area contributed by atoms with Gasteiger partial charge in [-0.2, -0.15) is 4.98 Å². The molecule has 30 heavy (non-hydrogen) atoms. The van der Waals surface area contributed by atoms with Crippen molar-refractivity contribution in [1.29, 1.82) is 0 Å². The minimum absolute atomic E-state index is 0.565. The fourth-order valence-corrected chi connectivity index (χ4v) is 3.64. The van der Waals surface area contributed by atoms with Crippen LogP contribution in [0.15, 0.2) is 66.7 Å². The summed E-state index contributed by atoms with van der Waals surface area (Å²) in [5.41, 5.74) is 4.96. The Hall–Kier alpha value is -3.58. The first kappa shape index (κ1) is 18.4. The van der Waals surface area contributed by atoms with Gasteiger partial charge in [-0.1, -0.05) is 6.07 Å². The Balaban J connectivity index is 1.38. The van der Waals surface area contributed by atoms with Gasteiger partial charge in [0.1, 0.15) is 5.75 Å². The predicted molar refractivity (Wildman–Crippen MR) is 118 cm³/mol. The molecule has 1 N–H and O–H groups in total. The van der Waals surface area contributed by atoms with E-state index in [1.54, 1.807) is 7.11 Å². The second-order valence-corrected chi connectivity index (χ2v) is 7.12. The zero-order valence-electron chi connectivity index (χ0n) is 16.8. The van der Waals surface area contributed by atoms with Crippen LogP contribution in [0.25, 0.3) is 16.9 Å². The zero-order chi connectivity index (χ0) is 20.3. The van der Waals surface area contributed by atoms with Gasteiger partial charge >= 0.3 is 0 Å². The van der Waals surface area contributed by atoms with Gasteiger partial charge in [0.25, 0.3) is 0 Å². The minimum Gasteiger partial charge on any atom is -0.497 e. The average molecular weight is 401 g/mol. The summed E-state index contributed by atoms with van der Waals surface area (Å²) < 4.78 is 12.5. The van der Waals surface area contributed by atoms with E-state index in [1.807, 2.05) is 47.0 Å². The van der Waals surface area contributed by atoms with E-state index in [-0.39, 0.29) is 0 Å². The zero-order valence-corrected chi connectivity index (χ0v) is 16.8. The van der Waals surface area contributed by atoms with Crippen molar-refractivity contribution in [2.45, 2.75) is 0 Å². The summed E-state index contributed by atoms with van der Waals surface area (Å²) in [7, 11) is 1.67. The number of fused-ring (bicyclic) bond motifs is 1. The molecule has 0 saturated carbocycles. The summed E-state index contributed by atoms with van der Waals surface area (Å²) in [5, 5.41) is 7.99. The van der Waals surface area contributed by atoms with Crippen molar-refractivity contribution in [3.05, 3.63) is 66.7 Å². The van der Waals surface area contributed by atoms with Crippen molar-refractivity contribution in [3.63, 3.8) is 0 Å². The molecule has 0 bridgehead atoms. The molecule has 152 valence electrons. The molecule has 1 saturated heterocycles. The molecule has 7 heteroatoms. The molecule has 3 heterocycles. The molecule has 0 aliphatic carbocycles. The summed E-state index contributed by atoms with van der Waals surface area (Å²) in [6.07, 6.45) is 0. The fraction of sp³-hybridized carbons (Fsp3) is 0.217. The lowest BCUT2D eigenvalue weighted by molar-refractivity contribution is 0.122. The molecular formula is C23H23N5O2. The molecule has 0 radical (unpaired) electrons.